The summed E-state index contributed by atoms with van der Waals surface area (Å²) in [4.78, 5) is 40.6. The van der Waals surface area contributed by atoms with Gasteiger partial charge in [0, 0.05) is 60.1 Å². The van der Waals surface area contributed by atoms with E-state index in [2.05, 4.69) is 40.0 Å². The van der Waals surface area contributed by atoms with Gasteiger partial charge in [-0.05, 0) is 102 Å². The fourth-order valence-corrected chi connectivity index (χ4v) is 7.86. The summed E-state index contributed by atoms with van der Waals surface area (Å²) in [5, 5.41) is 6.19. The molecule has 11 heteroatoms. The van der Waals surface area contributed by atoms with Crippen molar-refractivity contribution in [2.75, 3.05) is 30.4 Å². The van der Waals surface area contributed by atoms with E-state index >= 15 is 0 Å². The summed E-state index contributed by atoms with van der Waals surface area (Å²) in [6.45, 7) is 11.3. The zero-order chi connectivity index (χ0) is 34.8. The van der Waals surface area contributed by atoms with Gasteiger partial charge in [-0.3, -0.25) is 14.5 Å². The van der Waals surface area contributed by atoms with Gasteiger partial charge >= 0.3 is 0 Å². The van der Waals surface area contributed by atoms with E-state index in [4.69, 9.17) is 9.97 Å². The first kappa shape index (κ1) is 33.1. The smallest absolute Gasteiger partial charge is 0.251 e. The van der Waals surface area contributed by atoms with Crippen LogP contribution in [0.15, 0.2) is 48.8 Å². The van der Waals surface area contributed by atoms with Crippen molar-refractivity contribution in [3.8, 4) is 11.3 Å². The number of imidazole rings is 1. The quantitative estimate of drug-likeness (QED) is 0.206. The Labute approximate surface area is 286 Å². The summed E-state index contributed by atoms with van der Waals surface area (Å²) in [7, 11) is 1.62. The first-order chi connectivity index (χ1) is 23.4. The van der Waals surface area contributed by atoms with Crippen LogP contribution in [-0.4, -0.2) is 69.9 Å². The van der Waals surface area contributed by atoms with E-state index in [-0.39, 0.29) is 29.9 Å². The van der Waals surface area contributed by atoms with E-state index in [0.717, 1.165) is 64.9 Å². The van der Waals surface area contributed by atoms with Gasteiger partial charge < -0.3 is 20.1 Å². The average Bonchev–Trinajstić information content (AvgIpc) is 3.58. The van der Waals surface area contributed by atoms with E-state index in [1.807, 2.05) is 68.4 Å². The predicted octanol–water partition coefficient (Wildman–Crippen LogP) is 7.22. The summed E-state index contributed by atoms with van der Waals surface area (Å²) in [6.07, 6.45) is 2.46. The number of fused-ring (bicyclic) bond motifs is 2. The van der Waals surface area contributed by atoms with Crippen LogP contribution in [0.4, 0.5) is 26.0 Å². The predicted molar refractivity (Wildman–Crippen MR) is 189 cm³/mol. The third-order valence-electron chi connectivity index (χ3n) is 10.9. The number of aryl methyl sites for hydroxylation is 1. The van der Waals surface area contributed by atoms with Crippen molar-refractivity contribution in [1.82, 2.24) is 24.8 Å². The largest absolute Gasteiger partial charge is 0.355 e. The Balaban J connectivity index is 1.23. The van der Waals surface area contributed by atoms with Crippen molar-refractivity contribution in [3.05, 3.63) is 65.5 Å². The van der Waals surface area contributed by atoms with E-state index < -0.39 is 17.8 Å². The molecule has 0 unspecified atom stereocenters. The van der Waals surface area contributed by atoms with Gasteiger partial charge in [-0.15, -0.1) is 0 Å². The molecule has 258 valence electrons. The minimum atomic E-state index is -2.29. The molecule has 2 N–H and O–H groups in total. The number of amides is 2. The van der Waals surface area contributed by atoms with E-state index in [1.165, 1.54) is 0 Å². The van der Waals surface area contributed by atoms with Gasteiger partial charge in [-0.2, -0.15) is 0 Å². The molecule has 2 aromatic heterocycles. The molecule has 2 aliphatic heterocycles. The number of hydrogen-bond acceptors (Lipinski definition) is 6. The van der Waals surface area contributed by atoms with Gasteiger partial charge in [0.15, 0.2) is 5.82 Å². The van der Waals surface area contributed by atoms with Crippen molar-refractivity contribution in [2.24, 2.45) is 5.92 Å². The lowest BCUT2D eigenvalue weighted by Gasteiger charge is -2.49. The van der Waals surface area contributed by atoms with Crippen LogP contribution in [0.5, 0.6) is 0 Å². The van der Waals surface area contributed by atoms with E-state index in [9.17, 15) is 18.4 Å². The number of anilines is 3. The highest BCUT2D eigenvalue weighted by Gasteiger charge is 2.50. The van der Waals surface area contributed by atoms with Crippen molar-refractivity contribution in [2.45, 2.75) is 90.3 Å². The molecule has 1 aliphatic carbocycles. The summed E-state index contributed by atoms with van der Waals surface area (Å²) in [5.74, 6) is -0.0421. The van der Waals surface area contributed by atoms with Crippen LogP contribution < -0.4 is 15.5 Å². The molecular formula is C38H45F2N7O2. The molecule has 1 saturated heterocycles. The Morgan fingerprint density at radius 3 is 2.55 bits per heavy atom. The fourth-order valence-electron chi connectivity index (χ4n) is 7.86. The highest BCUT2D eigenvalue weighted by atomic mass is 19.3. The monoisotopic (exact) mass is 669 g/mol. The molecule has 49 heavy (non-hydrogen) atoms. The minimum absolute atomic E-state index is 0.0191. The van der Waals surface area contributed by atoms with Gasteiger partial charge in [0.2, 0.25) is 12.3 Å². The molecular weight excluding hydrogens is 624 g/mol. The maximum atomic E-state index is 14.0. The third-order valence-corrected chi connectivity index (χ3v) is 10.9. The molecule has 2 fully saturated rings. The minimum Gasteiger partial charge on any atom is -0.355 e. The van der Waals surface area contributed by atoms with Gasteiger partial charge in [-0.25, -0.2) is 18.7 Å². The molecule has 0 spiro atoms. The number of aromatic nitrogens is 3. The third kappa shape index (κ3) is 5.75. The highest BCUT2D eigenvalue weighted by molar-refractivity contribution is 6.09. The summed E-state index contributed by atoms with van der Waals surface area (Å²) >= 11 is 0. The van der Waals surface area contributed by atoms with Crippen LogP contribution >= 0.6 is 0 Å². The lowest BCUT2D eigenvalue weighted by Crippen LogP contribution is -2.58. The zero-order valence-electron chi connectivity index (χ0n) is 29.1. The first-order valence-corrected chi connectivity index (χ1v) is 17.4. The molecule has 2 amide bonds. The fraction of sp³-hybridized carbons (Fsp3) is 0.474. The van der Waals surface area contributed by atoms with Crippen LogP contribution in [0, 0.1) is 12.8 Å². The first-order valence-electron chi connectivity index (χ1n) is 17.4. The van der Waals surface area contributed by atoms with E-state index in [1.54, 1.807) is 7.05 Å². The number of hydrogen-bond donors (Lipinski definition) is 2. The lowest BCUT2D eigenvalue weighted by molar-refractivity contribution is -0.123. The Kier molecular flexibility index (Phi) is 8.45. The second kappa shape index (κ2) is 12.5. The maximum absolute atomic E-state index is 14.0. The second-order valence-electron chi connectivity index (χ2n) is 14.7. The van der Waals surface area contributed by atoms with Gasteiger partial charge in [0.1, 0.15) is 5.52 Å². The van der Waals surface area contributed by atoms with Crippen molar-refractivity contribution >= 4 is 40.0 Å². The van der Waals surface area contributed by atoms with Crippen LogP contribution in [0.2, 0.25) is 0 Å². The molecule has 4 heterocycles. The number of nitrogens with one attached hydrogen (secondary N) is 2. The van der Waals surface area contributed by atoms with Gasteiger partial charge in [0.25, 0.3) is 5.91 Å². The van der Waals surface area contributed by atoms with Crippen molar-refractivity contribution < 1.29 is 18.4 Å². The number of benzene rings is 2. The van der Waals surface area contributed by atoms with E-state index in [0.29, 0.717) is 30.0 Å². The number of rotatable bonds is 8. The van der Waals surface area contributed by atoms with Crippen molar-refractivity contribution in [1.29, 1.82) is 0 Å². The standard InChI is InChI=1S/C38H45F2N7O2/c1-21(2)46-20-42-31-18-30(44-35(33(31)46)43-25-11-9-22(3)28(15-25)36(48)41-6)23-10-12-29-32(14-23)47(37(49)38(29,4)5)27-16-26(17-27)45-13-7-8-24(19-45)34(39)40/h9-12,14-15,18,20-21,24,26-27,34H,7-8,13,16-17,19H2,1-6H3,(H,41,48)(H,43,44)/t24-,26-,27+/m1/s1. The number of halogens is 2. The molecule has 0 bridgehead atoms. The number of likely N-dealkylation sites (tertiary alicyclic amines) is 1. The summed E-state index contributed by atoms with van der Waals surface area (Å²) in [6, 6.07) is 14.1. The molecule has 0 radical (unpaired) electrons. The zero-order valence-corrected chi connectivity index (χ0v) is 29.1. The molecule has 9 nitrogen and oxygen atoms in total. The number of piperidine rings is 1. The number of nitrogens with zero attached hydrogens (tertiary/aromatic N) is 5. The van der Waals surface area contributed by atoms with Crippen molar-refractivity contribution in [3.63, 3.8) is 0 Å². The van der Waals surface area contributed by atoms with Crippen LogP contribution in [0.1, 0.15) is 80.9 Å². The molecule has 7 rings (SSSR count). The van der Waals surface area contributed by atoms with Crippen LogP contribution in [0.25, 0.3) is 22.3 Å². The average molecular weight is 670 g/mol. The Morgan fingerprint density at radius 2 is 1.84 bits per heavy atom. The topological polar surface area (TPSA) is 95.4 Å². The maximum Gasteiger partial charge on any atom is 0.251 e. The Bertz CT molecular complexity index is 1930. The Hall–Kier alpha value is -4.38. The van der Waals surface area contributed by atoms with Gasteiger partial charge in [-0.1, -0.05) is 18.2 Å². The number of alkyl halides is 2. The molecule has 2 aromatic carbocycles. The number of carbonyl (C=O) groups is 2. The SMILES string of the molecule is CNC(=O)c1cc(Nc2nc(-c3ccc4c(c3)N([C@H]3C[C@@H](N5CCC[C@@H](C(F)F)C5)C3)C(=O)C4(C)C)cc3ncn(C(C)C)c23)ccc1C. The van der Waals surface area contributed by atoms with Crippen LogP contribution in [-0.2, 0) is 10.2 Å². The van der Waals surface area contributed by atoms with Gasteiger partial charge in [0.05, 0.1) is 23.0 Å². The van der Waals surface area contributed by atoms with Crippen LogP contribution in [0.3, 0.4) is 0 Å². The normalized spacial score (nSPS) is 22.1. The molecule has 1 saturated carbocycles. The molecule has 4 aromatic rings. The lowest BCUT2D eigenvalue weighted by atomic mass is 9.82. The summed E-state index contributed by atoms with van der Waals surface area (Å²) in [5.41, 5.74) is 6.56. The highest BCUT2D eigenvalue weighted by Crippen LogP contribution is 2.48. The number of carbonyl (C=O) groups excluding carboxylic acids is 2. The molecule has 3 aliphatic rings. The number of pyridine rings is 1. The molecule has 1 atom stereocenters. The second-order valence-corrected chi connectivity index (χ2v) is 14.7. The summed E-state index contributed by atoms with van der Waals surface area (Å²) < 4.78 is 29.1. The Morgan fingerprint density at radius 1 is 1.06 bits per heavy atom.